The van der Waals surface area contributed by atoms with E-state index < -0.39 is 0 Å². The van der Waals surface area contributed by atoms with Crippen LogP contribution in [0.25, 0.3) is 0 Å². The van der Waals surface area contributed by atoms with Crippen molar-refractivity contribution in [3.63, 3.8) is 0 Å². The molecule has 0 amide bonds. The first-order valence-corrected chi connectivity index (χ1v) is 2.11. The van der Waals surface area contributed by atoms with Gasteiger partial charge in [-0.15, -0.1) is 0 Å². The summed E-state index contributed by atoms with van der Waals surface area (Å²) >= 11 is 0. The molecule has 0 aliphatic carbocycles. The van der Waals surface area contributed by atoms with Gasteiger partial charge in [0.05, 0.1) is 0 Å². The number of rotatable bonds is 0. The third-order valence-electron chi connectivity index (χ3n) is 0.743. The Bertz CT molecular complexity index is 136. The van der Waals surface area contributed by atoms with E-state index in [1.54, 1.807) is 12.1 Å². The van der Waals surface area contributed by atoms with Gasteiger partial charge in [-0.1, -0.05) is 18.2 Å². The average molecular weight is 109 g/mol. The Hall–Kier alpha value is -1.02. The molecular formula is C6H5O2. The van der Waals surface area contributed by atoms with Gasteiger partial charge in [-0.25, -0.2) is 0 Å². The minimum absolute atomic E-state index is 0. The maximum Gasteiger partial charge on any atom is 0.178 e. The van der Waals surface area contributed by atoms with Crippen molar-refractivity contribution in [2.75, 3.05) is 0 Å². The molecule has 2 nitrogen and oxygen atoms in total. The average Bonchev–Trinajstić information content (AvgIpc) is 1.69. The van der Waals surface area contributed by atoms with E-state index in [2.05, 4.69) is 0 Å². The van der Waals surface area contributed by atoms with Gasteiger partial charge in [0.2, 0.25) is 0 Å². The Kier molecular flexibility index (Phi) is 2.66. The molecule has 0 saturated heterocycles. The highest BCUT2D eigenvalue weighted by Gasteiger charge is 1.78. The molecule has 0 saturated carbocycles. The largest absolute Gasteiger partial charge is 0.290 e. The zero-order chi connectivity index (χ0) is 5.11. The lowest BCUT2D eigenvalue weighted by molar-refractivity contribution is 0.355. The minimum Gasteiger partial charge on any atom is -0.290 e. The van der Waals surface area contributed by atoms with Crippen LogP contribution in [0.1, 0.15) is 0 Å². The van der Waals surface area contributed by atoms with E-state index in [0.29, 0.717) is 0 Å². The Morgan fingerprint density at radius 1 is 1.00 bits per heavy atom. The Morgan fingerprint density at radius 3 is 1.75 bits per heavy atom. The normalized spacial score (nSPS) is 7.50. The fraction of sp³-hybridized carbons (Fsp3) is 0. The summed E-state index contributed by atoms with van der Waals surface area (Å²) in [5.74, 6) is 0.0718. The molecule has 0 aliphatic heterocycles. The first-order chi connectivity index (χ1) is 3.39. The highest BCUT2D eigenvalue weighted by molar-refractivity contribution is 5.18. The molecule has 2 heteroatoms. The maximum absolute atomic E-state index is 10.3. The summed E-state index contributed by atoms with van der Waals surface area (Å²) in [6, 6.07) is 8.33. The first-order valence-electron chi connectivity index (χ1n) is 2.11. The van der Waals surface area contributed by atoms with Gasteiger partial charge in [-0.3, -0.25) is 5.11 Å². The lowest BCUT2D eigenvalue weighted by Gasteiger charge is -1.77. The van der Waals surface area contributed by atoms with Crippen LogP contribution in [0.2, 0.25) is 0 Å². The number of para-hydroxylation sites is 1. The van der Waals surface area contributed by atoms with Crippen molar-refractivity contribution in [2.24, 2.45) is 0 Å². The lowest BCUT2D eigenvalue weighted by Crippen LogP contribution is -1.54. The third-order valence-corrected chi connectivity index (χ3v) is 0.743. The fourth-order valence-electron chi connectivity index (χ4n) is 0.420. The Morgan fingerprint density at radius 2 is 1.50 bits per heavy atom. The molecule has 0 bridgehead atoms. The second-order valence-electron chi connectivity index (χ2n) is 1.31. The molecule has 1 aromatic carbocycles. The number of hydrogen-bond acceptors (Lipinski definition) is 0. The van der Waals surface area contributed by atoms with Crippen molar-refractivity contribution in [3.05, 3.63) is 30.3 Å². The van der Waals surface area contributed by atoms with Crippen LogP contribution in [0.3, 0.4) is 0 Å². The number of hydrogen-bond donors (Lipinski definition) is 0. The van der Waals surface area contributed by atoms with Gasteiger partial charge in [0.15, 0.2) is 5.75 Å². The standard InChI is InChI=1S/C6H5O.O/c7-6-4-2-1-3-5-6;/h1-5H;. The van der Waals surface area contributed by atoms with Crippen LogP contribution in [-0.2, 0) is 10.6 Å². The topological polar surface area (TPSA) is 48.4 Å². The van der Waals surface area contributed by atoms with Crippen molar-refractivity contribution in [2.45, 2.75) is 0 Å². The second-order valence-corrected chi connectivity index (χ2v) is 1.31. The van der Waals surface area contributed by atoms with E-state index in [0.717, 1.165) is 0 Å². The summed E-state index contributed by atoms with van der Waals surface area (Å²) in [4.78, 5) is 0. The van der Waals surface area contributed by atoms with Crippen molar-refractivity contribution < 1.29 is 10.6 Å². The van der Waals surface area contributed by atoms with Gasteiger partial charge < -0.3 is 0 Å². The summed E-state index contributed by atoms with van der Waals surface area (Å²) in [6.07, 6.45) is 0. The third kappa shape index (κ3) is 1.62. The molecule has 1 rings (SSSR count). The van der Waals surface area contributed by atoms with Gasteiger partial charge in [-0.05, 0) is 12.1 Å². The Balaban J connectivity index is 0.000000490. The maximum atomic E-state index is 10.3. The smallest absolute Gasteiger partial charge is 0.178 e. The van der Waals surface area contributed by atoms with Crippen LogP contribution >= 0.6 is 0 Å². The van der Waals surface area contributed by atoms with Crippen LogP contribution in [0.5, 0.6) is 5.75 Å². The van der Waals surface area contributed by atoms with Gasteiger partial charge in [0, 0.05) is 5.48 Å². The summed E-state index contributed by atoms with van der Waals surface area (Å²) in [7, 11) is 0. The SMILES string of the molecule is [O].[O]c1ccccc1. The van der Waals surface area contributed by atoms with Gasteiger partial charge in [0.25, 0.3) is 0 Å². The van der Waals surface area contributed by atoms with Gasteiger partial charge in [-0.2, -0.15) is 0 Å². The summed E-state index contributed by atoms with van der Waals surface area (Å²) in [5.41, 5.74) is 0. The quantitative estimate of drug-likeness (QED) is 0.487. The summed E-state index contributed by atoms with van der Waals surface area (Å²) in [6.45, 7) is 0. The van der Waals surface area contributed by atoms with E-state index in [1.165, 1.54) is 12.1 Å². The molecule has 0 spiro atoms. The molecule has 0 unspecified atom stereocenters. The lowest BCUT2D eigenvalue weighted by atomic mass is 10.3. The molecule has 0 N–H and O–H groups in total. The van der Waals surface area contributed by atoms with Crippen molar-refractivity contribution in [3.8, 4) is 5.75 Å². The molecular weight excluding hydrogens is 104 g/mol. The highest BCUT2D eigenvalue weighted by Crippen LogP contribution is 2.04. The van der Waals surface area contributed by atoms with Crippen molar-refractivity contribution in [1.29, 1.82) is 0 Å². The predicted octanol–water partition coefficient (Wildman–Crippen LogP) is 1.71. The molecule has 1 aromatic rings. The van der Waals surface area contributed by atoms with E-state index >= 15 is 0 Å². The molecule has 0 atom stereocenters. The monoisotopic (exact) mass is 109 g/mol. The van der Waals surface area contributed by atoms with Crippen LogP contribution in [-0.4, -0.2) is 0 Å². The summed E-state index contributed by atoms with van der Waals surface area (Å²) < 4.78 is 0. The van der Waals surface area contributed by atoms with Gasteiger partial charge in [0.1, 0.15) is 0 Å². The van der Waals surface area contributed by atoms with Crippen molar-refractivity contribution >= 4 is 0 Å². The molecule has 8 heavy (non-hydrogen) atoms. The van der Waals surface area contributed by atoms with E-state index in [4.69, 9.17) is 0 Å². The predicted molar refractivity (Wildman–Crippen MR) is 27.3 cm³/mol. The Labute approximate surface area is 47.7 Å². The molecule has 0 fully saturated rings. The molecule has 41 valence electrons. The highest BCUT2D eigenvalue weighted by atomic mass is 16.3. The molecule has 0 heterocycles. The second kappa shape index (κ2) is 3.04. The zero-order valence-corrected chi connectivity index (χ0v) is 4.20. The first kappa shape index (κ1) is 6.98. The summed E-state index contributed by atoms with van der Waals surface area (Å²) in [5, 5.41) is 10.3. The minimum atomic E-state index is 0. The van der Waals surface area contributed by atoms with Crippen LogP contribution in [0.15, 0.2) is 30.3 Å². The van der Waals surface area contributed by atoms with E-state index in [1.807, 2.05) is 6.07 Å². The van der Waals surface area contributed by atoms with Crippen LogP contribution < -0.4 is 0 Å². The fourth-order valence-corrected chi connectivity index (χ4v) is 0.420. The van der Waals surface area contributed by atoms with E-state index in [-0.39, 0.29) is 11.2 Å². The van der Waals surface area contributed by atoms with Crippen LogP contribution in [0, 0.1) is 0 Å². The number of benzene rings is 1. The van der Waals surface area contributed by atoms with Crippen molar-refractivity contribution in [1.82, 2.24) is 0 Å². The van der Waals surface area contributed by atoms with Gasteiger partial charge >= 0.3 is 0 Å². The zero-order valence-electron chi connectivity index (χ0n) is 4.20. The van der Waals surface area contributed by atoms with E-state index in [9.17, 15) is 5.11 Å². The molecule has 0 aliphatic rings. The molecule has 3 radical (unpaired) electrons. The van der Waals surface area contributed by atoms with Crippen LogP contribution in [0.4, 0.5) is 0 Å². The molecule has 0 aromatic heterocycles.